The van der Waals surface area contributed by atoms with Gasteiger partial charge in [0.15, 0.2) is 0 Å². The minimum atomic E-state index is -0.280. The fraction of sp³-hybridized carbons (Fsp3) is 0.727. The third kappa shape index (κ3) is 3.85. The lowest BCUT2D eigenvalue weighted by atomic mass is 10.2. The van der Waals surface area contributed by atoms with E-state index in [-0.39, 0.29) is 11.9 Å². The number of morpholine rings is 1. The fourth-order valence-electron chi connectivity index (χ4n) is 1.92. The Labute approximate surface area is 121 Å². The Morgan fingerprint density at radius 1 is 1.68 bits per heavy atom. The SMILES string of the molecule is CCCNC(=O)C1COCCN1Cc1nnsc1Cl. The van der Waals surface area contributed by atoms with Crippen LogP contribution in [0.3, 0.4) is 0 Å². The van der Waals surface area contributed by atoms with E-state index in [0.717, 1.165) is 23.6 Å². The van der Waals surface area contributed by atoms with Crippen LogP contribution in [-0.4, -0.2) is 52.7 Å². The zero-order valence-corrected chi connectivity index (χ0v) is 12.3. The van der Waals surface area contributed by atoms with Gasteiger partial charge >= 0.3 is 0 Å². The summed E-state index contributed by atoms with van der Waals surface area (Å²) in [6.07, 6.45) is 0.918. The van der Waals surface area contributed by atoms with Crippen LogP contribution in [0.15, 0.2) is 0 Å². The lowest BCUT2D eigenvalue weighted by Crippen LogP contribution is -2.53. The molecule has 0 aromatic carbocycles. The van der Waals surface area contributed by atoms with Crippen molar-refractivity contribution < 1.29 is 9.53 Å². The van der Waals surface area contributed by atoms with Crippen molar-refractivity contribution in [3.8, 4) is 0 Å². The molecule has 0 aliphatic carbocycles. The number of aromatic nitrogens is 2. The number of nitrogens with one attached hydrogen (secondary N) is 1. The topological polar surface area (TPSA) is 67.3 Å². The highest BCUT2D eigenvalue weighted by atomic mass is 35.5. The highest BCUT2D eigenvalue weighted by Gasteiger charge is 2.30. The third-order valence-corrected chi connectivity index (χ3v) is 3.94. The Morgan fingerprint density at radius 2 is 2.53 bits per heavy atom. The second kappa shape index (κ2) is 7.14. The minimum Gasteiger partial charge on any atom is -0.378 e. The largest absolute Gasteiger partial charge is 0.378 e. The van der Waals surface area contributed by atoms with Gasteiger partial charge in [-0.05, 0) is 6.42 Å². The lowest BCUT2D eigenvalue weighted by Gasteiger charge is -2.33. The van der Waals surface area contributed by atoms with Crippen LogP contribution in [0.1, 0.15) is 19.0 Å². The number of nitrogens with zero attached hydrogens (tertiary/aromatic N) is 3. The van der Waals surface area contributed by atoms with Gasteiger partial charge in [-0.3, -0.25) is 9.69 Å². The van der Waals surface area contributed by atoms with Crippen molar-refractivity contribution in [3.05, 3.63) is 10.0 Å². The number of carbonyl (C=O) groups is 1. The molecule has 6 nitrogen and oxygen atoms in total. The molecule has 1 aromatic rings. The van der Waals surface area contributed by atoms with Crippen LogP contribution < -0.4 is 5.32 Å². The van der Waals surface area contributed by atoms with E-state index in [1.807, 2.05) is 11.8 Å². The molecule has 19 heavy (non-hydrogen) atoms. The highest BCUT2D eigenvalue weighted by molar-refractivity contribution is 7.10. The lowest BCUT2D eigenvalue weighted by molar-refractivity contribution is -0.133. The van der Waals surface area contributed by atoms with Crippen molar-refractivity contribution in [1.82, 2.24) is 19.8 Å². The molecule has 1 fully saturated rings. The first-order chi connectivity index (χ1) is 9.22. The summed E-state index contributed by atoms with van der Waals surface area (Å²) in [7, 11) is 0. The van der Waals surface area contributed by atoms with Crippen molar-refractivity contribution in [2.45, 2.75) is 25.9 Å². The molecule has 1 saturated heterocycles. The number of hydrogen-bond acceptors (Lipinski definition) is 6. The van der Waals surface area contributed by atoms with Gasteiger partial charge in [0.1, 0.15) is 16.1 Å². The van der Waals surface area contributed by atoms with E-state index in [1.54, 1.807) is 0 Å². The van der Waals surface area contributed by atoms with Gasteiger partial charge in [-0.25, -0.2) is 0 Å². The molecular formula is C11H17ClN4O2S. The molecule has 0 saturated carbocycles. The smallest absolute Gasteiger partial charge is 0.239 e. The molecule has 2 heterocycles. The zero-order chi connectivity index (χ0) is 13.7. The number of carbonyl (C=O) groups excluding carboxylic acids is 1. The van der Waals surface area contributed by atoms with Crippen LogP contribution in [0.2, 0.25) is 4.34 Å². The van der Waals surface area contributed by atoms with E-state index < -0.39 is 0 Å². The molecule has 0 spiro atoms. The molecule has 1 amide bonds. The second-order valence-corrected chi connectivity index (χ2v) is 5.70. The van der Waals surface area contributed by atoms with E-state index in [9.17, 15) is 4.79 Å². The van der Waals surface area contributed by atoms with E-state index in [1.165, 1.54) is 0 Å². The summed E-state index contributed by atoms with van der Waals surface area (Å²) >= 11 is 7.17. The van der Waals surface area contributed by atoms with Crippen LogP contribution in [0.25, 0.3) is 0 Å². The summed E-state index contributed by atoms with van der Waals surface area (Å²) < 4.78 is 9.78. The monoisotopic (exact) mass is 304 g/mol. The number of ether oxygens (including phenoxy) is 1. The third-order valence-electron chi connectivity index (χ3n) is 2.95. The molecule has 2 rings (SSSR count). The number of amides is 1. The molecule has 1 N–H and O–H groups in total. The fourth-order valence-corrected chi connectivity index (χ4v) is 2.53. The van der Waals surface area contributed by atoms with Crippen molar-refractivity contribution in [3.63, 3.8) is 0 Å². The van der Waals surface area contributed by atoms with Gasteiger partial charge in [0, 0.05) is 31.2 Å². The number of halogens is 1. The molecule has 1 aromatic heterocycles. The van der Waals surface area contributed by atoms with E-state index in [4.69, 9.17) is 16.3 Å². The highest BCUT2D eigenvalue weighted by Crippen LogP contribution is 2.20. The van der Waals surface area contributed by atoms with Gasteiger partial charge < -0.3 is 10.1 Å². The summed E-state index contributed by atoms with van der Waals surface area (Å²) in [5, 5.41) is 6.89. The van der Waals surface area contributed by atoms with Gasteiger partial charge in [0.2, 0.25) is 5.91 Å². The summed E-state index contributed by atoms with van der Waals surface area (Å²) in [6.45, 7) is 4.96. The Kier molecular flexibility index (Phi) is 5.50. The van der Waals surface area contributed by atoms with Crippen molar-refractivity contribution >= 4 is 29.0 Å². The summed E-state index contributed by atoms with van der Waals surface area (Å²) in [4.78, 5) is 14.1. The predicted octanol–water partition coefficient (Wildman–Crippen LogP) is 0.918. The summed E-state index contributed by atoms with van der Waals surface area (Å²) in [6, 6.07) is -0.280. The standard InChI is InChI=1S/C11H17ClN4O2S/c1-2-3-13-11(17)9-7-18-5-4-16(9)6-8-10(12)19-15-14-8/h9H,2-7H2,1H3,(H,13,17). The van der Waals surface area contributed by atoms with Crippen LogP contribution in [-0.2, 0) is 16.1 Å². The van der Waals surface area contributed by atoms with Crippen LogP contribution in [0, 0.1) is 0 Å². The van der Waals surface area contributed by atoms with Gasteiger partial charge in [0.25, 0.3) is 0 Å². The Morgan fingerprint density at radius 3 is 3.21 bits per heavy atom. The summed E-state index contributed by atoms with van der Waals surface area (Å²) in [5.74, 6) is 0.000797. The first kappa shape index (κ1) is 14.6. The minimum absolute atomic E-state index is 0.000797. The van der Waals surface area contributed by atoms with Crippen molar-refractivity contribution in [2.75, 3.05) is 26.3 Å². The number of rotatable bonds is 5. The quantitative estimate of drug-likeness (QED) is 0.876. The Balaban J connectivity index is 1.99. The second-order valence-electron chi connectivity index (χ2n) is 4.35. The average molecular weight is 305 g/mol. The van der Waals surface area contributed by atoms with Crippen molar-refractivity contribution in [2.24, 2.45) is 0 Å². The van der Waals surface area contributed by atoms with Gasteiger partial charge in [-0.2, -0.15) is 0 Å². The maximum atomic E-state index is 12.1. The molecule has 1 aliphatic rings. The molecule has 106 valence electrons. The summed E-state index contributed by atoms with van der Waals surface area (Å²) in [5.41, 5.74) is 0.724. The molecular weight excluding hydrogens is 288 g/mol. The van der Waals surface area contributed by atoms with E-state index in [0.29, 0.717) is 37.2 Å². The van der Waals surface area contributed by atoms with Gasteiger partial charge in [-0.1, -0.05) is 23.0 Å². The first-order valence-corrected chi connectivity index (χ1v) is 7.43. The first-order valence-electron chi connectivity index (χ1n) is 6.28. The Hall–Kier alpha value is -0.760. The molecule has 0 bridgehead atoms. The van der Waals surface area contributed by atoms with Crippen LogP contribution in [0.5, 0.6) is 0 Å². The van der Waals surface area contributed by atoms with Gasteiger partial charge in [-0.15, -0.1) is 5.10 Å². The zero-order valence-electron chi connectivity index (χ0n) is 10.8. The van der Waals surface area contributed by atoms with Crippen molar-refractivity contribution in [1.29, 1.82) is 0 Å². The van der Waals surface area contributed by atoms with E-state index >= 15 is 0 Å². The van der Waals surface area contributed by atoms with Gasteiger partial charge in [0.05, 0.1) is 13.2 Å². The maximum absolute atomic E-state index is 12.1. The van der Waals surface area contributed by atoms with E-state index in [2.05, 4.69) is 14.9 Å². The molecule has 1 aliphatic heterocycles. The molecule has 1 atom stereocenters. The number of hydrogen-bond donors (Lipinski definition) is 1. The molecule has 8 heteroatoms. The average Bonchev–Trinajstić information content (AvgIpc) is 2.82. The maximum Gasteiger partial charge on any atom is 0.239 e. The Bertz CT molecular complexity index is 429. The molecule has 1 unspecified atom stereocenters. The molecule has 0 radical (unpaired) electrons. The normalized spacial score (nSPS) is 20.4. The predicted molar refractivity (Wildman–Crippen MR) is 73.2 cm³/mol. The van der Waals surface area contributed by atoms with Crippen LogP contribution >= 0.6 is 23.1 Å². The van der Waals surface area contributed by atoms with Crippen LogP contribution in [0.4, 0.5) is 0 Å².